The zero-order valence-electron chi connectivity index (χ0n) is 12.8. The maximum atomic E-state index is 13.1. The summed E-state index contributed by atoms with van der Waals surface area (Å²) in [4.78, 5) is 23.7. The Labute approximate surface area is 134 Å². The summed E-state index contributed by atoms with van der Waals surface area (Å²) >= 11 is 6.05. The minimum absolute atomic E-state index is 0.114. The van der Waals surface area contributed by atoms with Crippen molar-refractivity contribution in [3.05, 3.63) is 34.6 Å². The van der Waals surface area contributed by atoms with Crippen molar-refractivity contribution in [2.24, 2.45) is 0 Å². The standard InChI is InChI=1S/C15H20ClFN2O3/c1-15(2,11-5-4-10(17)8-12(11)16)9-18-14(22)19(3)7-6-13(20)21/h4-5,8H,6-7,9H2,1-3H3,(H,18,22)(H,20,21). The number of amides is 2. The summed E-state index contributed by atoms with van der Waals surface area (Å²) in [6, 6.07) is 3.79. The van der Waals surface area contributed by atoms with E-state index in [1.165, 1.54) is 24.1 Å². The quantitative estimate of drug-likeness (QED) is 0.842. The highest BCUT2D eigenvalue weighted by molar-refractivity contribution is 6.31. The van der Waals surface area contributed by atoms with Gasteiger partial charge in [-0.15, -0.1) is 0 Å². The number of halogens is 2. The van der Waals surface area contributed by atoms with Crippen LogP contribution in [0.2, 0.25) is 5.02 Å². The van der Waals surface area contributed by atoms with E-state index >= 15 is 0 Å². The molecule has 122 valence electrons. The van der Waals surface area contributed by atoms with Crippen LogP contribution >= 0.6 is 11.6 Å². The maximum Gasteiger partial charge on any atom is 0.317 e. The molecule has 0 aliphatic carbocycles. The number of benzene rings is 1. The van der Waals surface area contributed by atoms with Gasteiger partial charge in [-0.1, -0.05) is 31.5 Å². The number of hydrogen-bond acceptors (Lipinski definition) is 2. The molecule has 2 amide bonds. The summed E-state index contributed by atoms with van der Waals surface area (Å²) in [6.45, 7) is 4.17. The van der Waals surface area contributed by atoms with Crippen LogP contribution in [0.5, 0.6) is 0 Å². The molecule has 0 atom stereocenters. The SMILES string of the molecule is CN(CCC(=O)O)C(=O)NCC(C)(C)c1ccc(F)cc1Cl. The van der Waals surface area contributed by atoms with E-state index in [0.29, 0.717) is 5.02 Å². The number of hydrogen-bond donors (Lipinski definition) is 2. The van der Waals surface area contributed by atoms with Gasteiger partial charge < -0.3 is 15.3 Å². The topological polar surface area (TPSA) is 69.6 Å². The molecule has 2 N–H and O–H groups in total. The molecule has 0 aromatic heterocycles. The van der Waals surface area contributed by atoms with Gasteiger partial charge >= 0.3 is 12.0 Å². The lowest BCUT2D eigenvalue weighted by Crippen LogP contribution is -2.43. The number of urea groups is 1. The second kappa shape index (κ2) is 7.45. The van der Waals surface area contributed by atoms with Crippen LogP contribution in [0.25, 0.3) is 0 Å². The Bertz CT molecular complexity index is 564. The maximum absolute atomic E-state index is 13.1. The van der Waals surface area contributed by atoms with Gasteiger partial charge in [0.05, 0.1) is 6.42 Å². The van der Waals surface area contributed by atoms with Gasteiger partial charge in [0.25, 0.3) is 0 Å². The molecule has 0 saturated heterocycles. The van der Waals surface area contributed by atoms with E-state index in [9.17, 15) is 14.0 Å². The minimum atomic E-state index is -0.960. The van der Waals surface area contributed by atoms with Gasteiger partial charge in [-0.25, -0.2) is 9.18 Å². The Morgan fingerprint density at radius 2 is 2.05 bits per heavy atom. The lowest BCUT2D eigenvalue weighted by Gasteiger charge is -2.28. The summed E-state index contributed by atoms with van der Waals surface area (Å²) in [7, 11) is 1.52. The highest BCUT2D eigenvalue weighted by Gasteiger charge is 2.25. The van der Waals surface area contributed by atoms with E-state index in [-0.39, 0.29) is 25.5 Å². The van der Waals surface area contributed by atoms with Crippen LogP contribution < -0.4 is 5.32 Å². The average molecular weight is 331 g/mol. The third kappa shape index (κ3) is 5.18. The number of carbonyl (C=O) groups excluding carboxylic acids is 1. The third-order valence-corrected chi connectivity index (χ3v) is 3.66. The first kappa shape index (κ1) is 18.2. The molecule has 1 aromatic carbocycles. The van der Waals surface area contributed by atoms with Crippen LogP contribution in [0.3, 0.4) is 0 Å². The highest BCUT2D eigenvalue weighted by atomic mass is 35.5. The van der Waals surface area contributed by atoms with Crippen molar-refractivity contribution in [1.29, 1.82) is 0 Å². The molecule has 0 spiro atoms. The molecule has 0 fully saturated rings. The fraction of sp³-hybridized carbons (Fsp3) is 0.467. The van der Waals surface area contributed by atoms with Gasteiger partial charge in [-0.05, 0) is 17.7 Å². The predicted molar refractivity (Wildman–Crippen MR) is 82.7 cm³/mol. The number of carboxylic acid groups (broad SMARTS) is 1. The largest absolute Gasteiger partial charge is 0.481 e. The molecule has 0 radical (unpaired) electrons. The molecule has 0 bridgehead atoms. The summed E-state index contributed by atoms with van der Waals surface area (Å²) < 4.78 is 13.1. The monoisotopic (exact) mass is 330 g/mol. The summed E-state index contributed by atoms with van der Waals surface area (Å²) in [5.74, 6) is -1.37. The van der Waals surface area contributed by atoms with Gasteiger partial charge in [0.15, 0.2) is 0 Å². The van der Waals surface area contributed by atoms with Crippen molar-refractivity contribution >= 4 is 23.6 Å². The molecule has 0 heterocycles. The molecule has 0 aliphatic rings. The fourth-order valence-corrected chi connectivity index (χ4v) is 2.35. The molecule has 0 saturated carbocycles. The molecule has 0 aliphatic heterocycles. The lowest BCUT2D eigenvalue weighted by molar-refractivity contribution is -0.137. The summed E-state index contributed by atoms with van der Waals surface area (Å²) in [5.41, 5.74) is 0.234. The van der Waals surface area contributed by atoms with Crippen molar-refractivity contribution in [1.82, 2.24) is 10.2 Å². The first-order valence-corrected chi connectivity index (χ1v) is 7.17. The second-order valence-electron chi connectivity index (χ2n) is 5.73. The number of aliphatic carboxylic acids is 1. The van der Waals surface area contributed by atoms with Gasteiger partial charge in [0, 0.05) is 30.6 Å². The van der Waals surface area contributed by atoms with Crippen LogP contribution in [0.1, 0.15) is 25.8 Å². The smallest absolute Gasteiger partial charge is 0.317 e. The molecule has 5 nitrogen and oxygen atoms in total. The van der Waals surface area contributed by atoms with Crippen LogP contribution in [0.15, 0.2) is 18.2 Å². The van der Waals surface area contributed by atoms with E-state index in [1.807, 2.05) is 13.8 Å². The van der Waals surface area contributed by atoms with E-state index in [1.54, 1.807) is 6.07 Å². The number of carboxylic acids is 1. The molecular formula is C15H20ClFN2O3. The van der Waals surface area contributed by atoms with Crippen LogP contribution in [-0.4, -0.2) is 42.1 Å². The highest BCUT2D eigenvalue weighted by Crippen LogP contribution is 2.29. The zero-order valence-corrected chi connectivity index (χ0v) is 13.6. The Balaban J connectivity index is 2.65. The Morgan fingerprint density at radius 1 is 1.41 bits per heavy atom. The van der Waals surface area contributed by atoms with E-state index in [2.05, 4.69) is 5.32 Å². The average Bonchev–Trinajstić information content (AvgIpc) is 2.41. The Morgan fingerprint density at radius 3 is 2.59 bits per heavy atom. The van der Waals surface area contributed by atoms with E-state index in [0.717, 1.165) is 5.56 Å². The first-order valence-electron chi connectivity index (χ1n) is 6.80. The van der Waals surface area contributed by atoms with Crippen LogP contribution in [0.4, 0.5) is 9.18 Å². The van der Waals surface area contributed by atoms with Crippen molar-refractivity contribution in [2.45, 2.75) is 25.7 Å². The number of nitrogens with one attached hydrogen (secondary N) is 1. The van der Waals surface area contributed by atoms with Crippen molar-refractivity contribution in [3.8, 4) is 0 Å². The fourth-order valence-electron chi connectivity index (χ4n) is 1.93. The van der Waals surface area contributed by atoms with Gasteiger partial charge in [-0.2, -0.15) is 0 Å². The molecule has 22 heavy (non-hydrogen) atoms. The minimum Gasteiger partial charge on any atom is -0.481 e. The van der Waals surface area contributed by atoms with Crippen LogP contribution in [0, 0.1) is 5.82 Å². The van der Waals surface area contributed by atoms with Crippen LogP contribution in [-0.2, 0) is 10.2 Å². The first-order chi connectivity index (χ1) is 10.1. The molecule has 0 unspecified atom stereocenters. The number of rotatable bonds is 6. The second-order valence-corrected chi connectivity index (χ2v) is 6.14. The van der Waals surface area contributed by atoms with Crippen molar-refractivity contribution in [3.63, 3.8) is 0 Å². The summed E-state index contributed by atoms with van der Waals surface area (Å²) in [6.07, 6.45) is -0.114. The molecule has 7 heteroatoms. The van der Waals surface area contributed by atoms with E-state index in [4.69, 9.17) is 16.7 Å². The van der Waals surface area contributed by atoms with E-state index < -0.39 is 17.2 Å². The lowest BCUT2D eigenvalue weighted by atomic mass is 9.84. The Hall–Kier alpha value is -1.82. The van der Waals surface area contributed by atoms with Gasteiger partial charge in [-0.3, -0.25) is 4.79 Å². The van der Waals surface area contributed by atoms with Crippen molar-refractivity contribution < 1.29 is 19.1 Å². The van der Waals surface area contributed by atoms with Gasteiger partial charge in [0.2, 0.25) is 0 Å². The van der Waals surface area contributed by atoms with Crippen molar-refractivity contribution in [2.75, 3.05) is 20.1 Å². The number of carbonyl (C=O) groups is 2. The molecule has 1 aromatic rings. The molecule has 1 rings (SSSR count). The summed E-state index contributed by atoms with van der Waals surface area (Å²) in [5, 5.41) is 11.6. The number of nitrogens with zero attached hydrogens (tertiary/aromatic N) is 1. The molecular weight excluding hydrogens is 311 g/mol. The normalized spacial score (nSPS) is 11.1. The van der Waals surface area contributed by atoms with Gasteiger partial charge in [0.1, 0.15) is 5.82 Å². The Kier molecular flexibility index (Phi) is 6.17. The predicted octanol–water partition coefficient (Wildman–Crippen LogP) is 2.87. The zero-order chi connectivity index (χ0) is 16.9. The third-order valence-electron chi connectivity index (χ3n) is 3.35.